The first-order valence-corrected chi connectivity index (χ1v) is 8.00. The van der Waals surface area contributed by atoms with Gasteiger partial charge in [0.2, 0.25) is 0 Å². The van der Waals surface area contributed by atoms with Gasteiger partial charge in [0.1, 0.15) is 11.9 Å². The van der Waals surface area contributed by atoms with E-state index in [9.17, 15) is 0 Å². The minimum absolute atomic E-state index is 0.350. The topological polar surface area (TPSA) is 24.5 Å². The molecule has 0 radical (unpaired) electrons. The van der Waals surface area contributed by atoms with E-state index in [2.05, 4.69) is 41.5 Å². The molecule has 0 bridgehead atoms. The Morgan fingerprint density at radius 2 is 2.15 bits per heavy atom. The van der Waals surface area contributed by atoms with Gasteiger partial charge in [-0.1, -0.05) is 18.6 Å². The molecule has 1 N–H and O–H groups in total. The second kappa shape index (κ2) is 6.59. The lowest BCUT2D eigenvalue weighted by molar-refractivity contribution is 0.104. The minimum atomic E-state index is 0.350. The molecule has 0 aromatic heterocycles. The van der Waals surface area contributed by atoms with E-state index in [1.807, 2.05) is 0 Å². The van der Waals surface area contributed by atoms with Gasteiger partial charge in [-0.2, -0.15) is 0 Å². The van der Waals surface area contributed by atoms with E-state index in [4.69, 9.17) is 4.74 Å². The summed E-state index contributed by atoms with van der Waals surface area (Å²) in [6, 6.07) is 9.20. The molecule has 2 fully saturated rings. The minimum Gasteiger partial charge on any atom is -0.489 e. The smallest absolute Gasteiger partial charge is 0.120 e. The van der Waals surface area contributed by atoms with Gasteiger partial charge in [-0.05, 0) is 63.5 Å². The molecular weight excluding hydrogens is 248 g/mol. The van der Waals surface area contributed by atoms with Crippen LogP contribution in [-0.2, 0) is 0 Å². The summed E-state index contributed by atoms with van der Waals surface area (Å²) in [6.45, 7) is 3.39. The van der Waals surface area contributed by atoms with Crippen LogP contribution in [0.1, 0.15) is 43.7 Å². The van der Waals surface area contributed by atoms with Gasteiger partial charge in [0.15, 0.2) is 0 Å². The van der Waals surface area contributed by atoms with Gasteiger partial charge < -0.3 is 15.0 Å². The zero-order chi connectivity index (χ0) is 13.8. The molecule has 2 aliphatic rings. The first-order chi connectivity index (χ1) is 9.81. The molecule has 0 amide bonds. The molecule has 1 aromatic rings. The zero-order valence-corrected chi connectivity index (χ0v) is 12.5. The molecule has 2 heterocycles. The Kier molecular flexibility index (Phi) is 4.58. The molecule has 0 aliphatic carbocycles. The van der Waals surface area contributed by atoms with Gasteiger partial charge in [-0.15, -0.1) is 0 Å². The SMILES string of the molecule is CN1CCCC(Oc2cccc(C3CCCCN3)c2)C1. The van der Waals surface area contributed by atoms with Crippen LogP contribution in [0.4, 0.5) is 0 Å². The van der Waals surface area contributed by atoms with Crippen molar-refractivity contribution in [2.75, 3.05) is 26.7 Å². The van der Waals surface area contributed by atoms with Crippen molar-refractivity contribution in [1.82, 2.24) is 10.2 Å². The highest BCUT2D eigenvalue weighted by molar-refractivity contribution is 5.31. The molecule has 3 heteroatoms. The van der Waals surface area contributed by atoms with E-state index in [0.717, 1.165) is 18.8 Å². The molecule has 0 spiro atoms. The number of ether oxygens (including phenoxy) is 1. The molecule has 0 saturated carbocycles. The van der Waals surface area contributed by atoms with Crippen LogP contribution >= 0.6 is 0 Å². The predicted octanol–water partition coefficient (Wildman–Crippen LogP) is 2.97. The van der Waals surface area contributed by atoms with Crippen LogP contribution in [0.15, 0.2) is 24.3 Å². The number of rotatable bonds is 3. The van der Waals surface area contributed by atoms with Gasteiger partial charge >= 0.3 is 0 Å². The van der Waals surface area contributed by atoms with Crippen molar-refractivity contribution in [3.8, 4) is 5.75 Å². The summed E-state index contributed by atoms with van der Waals surface area (Å²) in [7, 11) is 2.18. The van der Waals surface area contributed by atoms with E-state index in [0.29, 0.717) is 12.1 Å². The number of likely N-dealkylation sites (N-methyl/N-ethyl adjacent to an activating group) is 1. The molecule has 2 saturated heterocycles. The lowest BCUT2D eigenvalue weighted by Gasteiger charge is -2.30. The maximum atomic E-state index is 6.19. The van der Waals surface area contributed by atoms with Crippen molar-refractivity contribution >= 4 is 0 Å². The van der Waals surface area contributed by atoms with Crippen molar-refractivity contribution in [2.24, 2.45) is 0 Å². The van der Waals surface area contributed by atoms with Crippen LogP contribution in [0.5, 0.6) is 5.75 Å². The summed E-state index contributed by atoms with van der Waals surface area (Å²) in [5, 5.41) is 3.61. The van der Waals surface area contributed by atoms with Crippen LogP contribution in [-0.4, -0.2) is 37.7 Å². The Labute approximate surface area is 122 Å². The zero-order valence-electron chi connectivity index (χ0n) is 12.5. The Morgan fingerprint density at radius 3 is 2.95 bits per heavy atom. The Hall–Kier alpha value is -1.06. The third-order valence-electron chi connectivity index (χ3n) is 4.45. The summed E-state index contributed by atoms with van der Waals surface area (Å²) in [5.41, 5.74) is 1.38. The molecule has 3 nitrogen and oxygen atoms in total. The number of likely N-dealkylation sites (tertiary alicyclic amines) is 1. The summed E-state index contributed by atoms with van der Waals surface area (Å²) < 4.78 is 6.19. The number of benzene rings is 1. The number of nitrogens with one attached hydrogen (secondary N) is 1. The highest BCUT2D eigenvalue weighted by atomic mass is 16.5. The Balaban J connectivity index is 1.64. The summed E-state index contributed by atoms with van der Waals surface area (Å²) in [5.74, 6) is 1.04. The average molecular weight is 274 g/mol. The predicted molar refractivity (Wildman–Crippen MR) is 82.2 cm³/mol. The molecule has 1 aromatic carbocycles. The Bertz CT molecular complexity index is 429. The van der Waals surface area contributed by atoms with Crippen molar-refractivity contribution < 1.29 is 4.74 Å². The van der Waals surface area contributed by atoms with E-state index >= 15 is 0 Å². The van der Waals surface area contributed by atoms with E-state index in [1.165, 1.54) is 44.2 Å². The standard InChI is InChI=1S/C17H26N2O/c1-19-11-5-8-16(13-19)20-15-7-4-6-14(12-15)17-9-2-3-10-18-17/h4,6-7,12,16-18H,2-3,5,8-11,13H2,1H3. The largest absolute Gasteiger partial charge is 0.489 e. The molecule has 2 aliphatic heterocycles. The number of hydrogen-bond acceptors (Lipinski definition) is 3. The number of piperidine rings is 2. The molecule has 20 heavy (non-hydrogen) atoms. The third kappa shape index (κ3) is 3.53. The second-order valence-electron chi connectivity index (χ2n) is 6.22. The van der Waals surface area contributed by atoms with Crippen LogP contribution in [0, 0.1) is 0 Å². The van der Waals surface area contributed by atoms with E-state index in [1.54, 1.807) is 0 Å². The van der Waals surface area contributed by atoms with Crippen LogP contribution in [0.2, 0.25) is 0 Å². The first-order valence-electron chi connectivity index (χ1n) is 8.00. The molecule has 2 unspecified atom stereocenters. The maximum Gasteiger partial charge on any atom is 0.120 e. The quantitative estimate of drug-likeness (QED) is 0.917. The normalized spacial score (nSPS) is 28.2. The van der Waals surface area contributed by atoms with E-state index in [-0.39, 0.29) is 0 Å². The molecule has 3 rings (SSSR count). The summed E-state index contributed by atoms with van der Waals surface area (Å²) >= 11 is 0. The number of hydrogen-bond donors (Lipinski definition) is 1. The second-order valence-corrected chi connectivity index (χ2v) is 6.22. The van der Waals surface area contributed by atoms with Crippen molar-refractivity contribution in [2.45, 2.75) is 44.2 Å². The molecule has 110 valence electrons. The fourth-order valence-electron chi connectivity index (χ4n) is 3.35. The fraction of sp³-hybridized carbons (Fsp3) is 0.647. The molecule has 2 atom stereocenters. The van der Waals surface area contributed by atoms with Crippen LogP contribution in [0.25, 0.3) is 0 Å². The fourth-order valence-corrected chi connectivity index (χ4v) is 3.35. The lowest BCUT2D eigenvalue weighted by atomic mass is 9.97. The van der Waals surface area contributed by atoms with Crippen molar-refractivity contribution in [3.05, 3.63) is 29.8 Å². The van der Waals surface area contributed by atoms with Gasteiger partial charge in [0, 0.05) is 12.6 Å². The monoisotopic (exact) mass is 274 g/mol. The third-order valence-corrected chi connectivity index (χ3v) is 4.45. The maximum absolute atomic E-state index is 6.19. The molecular formula is C17H26N2O. The first kappa shape index (κ1) is 13.9. The average Bonchev–Trinajstić information content (AvgIpc) is 2.48. The number of nitrogens with zero attached hydrogens (tertiary/aromatic N) is 1. The van der Waals surface area contributed by atoms with Gasteiger partial charge in [0.25, 0.3) is 0 Å². The van der Waals surface area contributed by atoms with Gasteiger partial charge in [-0.3, -0.25) is 0 Å². The van der Waals surface area contributed by atoms with Crippen LogP contribution < -0.4 is 10.1 Å². The van der Waals surface area contributed by atoms with Crippen molar-refractivity contribution in [1.29, 1.82) is 0 Å². The van der Waals surface area contributed by atoms with E-state index < -0.39 is 0 Å². The van der Waals surface area contributed by atoms with Crippen LogP contribution in [0.3, 0.4) is 0 Å². The van der Waals surface area contributed by atoms with Gasteiger partial charge in [0.05, 0.1) is 0 Å². The summed E-state index contributed by atoms with van der Waals surface area (Å²) in [6.07, 6.45) is 6.65. The van der Waals surface area contributed by atoms with Crippen molar-refractivity contribution in [3.63, 3.8) is 0 Å². The Morgan fingerprint density at radius 1 is 1.20 bits per heavy atom. The summed E-state index contributed by atoms with van der Waals surface area (Å²) in [4.78, 5) is 2.36. The lowest BCUT2D eigenvalue weighted by Crippen LogP contribution is -2.38. The highest BCUT2D eigenvalue weighted by Gasteiger charge is 2.19. The highest BCUT2D eigenvalue weighted by Crippen LogP contribution is 2.27. The van der Waals surface area contributed by atoms with Gasteiger partial charge in [-0.25, -0.2) is 0 Å².